The number of H-pyrrole nitrogens is 1. The summed E-state index contributed by atoms with van der Waals surface area (Å²) < 4.78 is 23.3. The number of nitrogens with zero attached hydrogens (tertiary/aromatic N) is 1. The number of carbonyl (C=O) groups is 3. The van der Waals surface area contributed by atoms with Crippen molar-refractivity contribution in [1.82, 2.24) is 10.2 Å². The minimum atomic E-state index is -3.29. The summed E-state index contributed by atoms with van der Waals surface area (Å²) in [6.07, 6.45) is 1.15. The van der Waals surface area contributed by atoms with Gasteiger partial charge in [0.2, 0.25) is 0 Å². The van der Waals surface area contributed by atoms with Crippen molar-refractivity contribution in [3.8, 4) is 22.4 Å². The second kappa shape index (κ2) is 11.4. The minimum Gasteiger partial charge on any atom is -0.478 e. The lowest BCUT2D eigenvalue weighted by atomic mass is 9.98. The lowest BCUT2D eigenvalue weighted by Crippen LogP contribution is -2.12. The highest BCUT2D eigenvalue weighted by atomic mass is 32.2. The molecule has 38 heavy (non-hydrogen) atoms. The number of carboxylic acid groups (broad SMARTS) is 2. The van der Waals surface area contributed by atoms with Crippen LogP contribution >= 0.6 is 0 Å². The number of hydrogen-bond donors (Lipinski definition) is 5. The van der Waals surface area contributed by atoms with Crippen molar-refractivity contribution in [2.24, 2.45) is 5.73 Å². The topological polar surface area (TPSA) is 193 Å². The highest BCUT2D eigenvalue weighted by molar-refractivity contribution is 7.90. The zero-order valence-electron chi connectivity index (χ0n) is 20.3. The van der Waals surface area contributed by atoms with Crippen molar-refractivity contribution in [3.63, 3.8) is 0 Å². The van der Waals surface area contributed by atoms with Crippen LogP contribution in [0.2, 0.25) is 0 Å². The molecule has 3 aromatic carbocycles. The maximum absolute atomic E-state index is 11.8. The molecule has 0 unspecified atom stereocenters. The summed E-state index contributed by atoms with van der Waals surface area (Å²) in [4.78, 5) is 32.8. The Morgan fingerprint density at radius 2 is 1.39 bits per heavy atom. The summed E-state index contributed by atoms with van der Waals surface area (Å²) >= 11 is 0. The fourth-order valence-corrected chi connectivity index (χ4v) is 4.09. The molecule has 1 aromatic heterocycles. The van der Waals surface area contributed by atoms with Crippen molar-refractivity contribution in [2.75, 3.05) is 18.6 Å². The Morgan fingerprint density at radius 1 is 0.868 bits per heavy atom. The van der Waals surface area contributed by atoms with Gasteiger partial charge in [0.15, 0.2) is 9.84 Å². The quantitative estimate of drug-likeness (QED) is 0.235. The number of benzene rings is 3. The van der Waals surface area contributed by atoms with Gasteiger partial charge in [0, 0.05) is 30.1 Å². The van der Waals surface area contributed by atoms with Gasteiger partial charge in [0.05, 0.1) is 16.0 Å². The van der Waals surface area contributed by atoms with E-state index in [2.05, 4.69) is 15.5 Å². The van der Waals surface area contributed by atoms with Crippen molar-refractivity contribution >= 4 is 33.4 Å². The molecule has 6 N–H and O–H groups in total. The normalized spacial score (nSPS) is 10.7. The van der Waals surface area contributed by atoms with Gasteiger partial charge >= 0.3 is 11.9 Å². The molecule has 0 aliphatic heterocycles. The number of amides is 1. The second-order valence-corrected chi connectivity index (χ2v) is 10.0. The number of carboxylic acids is 2. The van der Waals surface area contributed by atoms with Gasteiger partial charge in [-0.1, -0.05) is 30.3 Å². The molecule has 0 radical (unpaired) electrons. The highest BCUT2D eigenvalue weighted by Crippen LogP contribution is 2.34. The molecule has 0 aliphatic rings. The number of carbonyl (C=O) groups excluding carboxylic acids is 1. The van der Waals surface area contributed by atoms with Crippen LogP contribution in [0.15, 0.2) is 77.7 Å². The summed E-state index contributed by atoms with van der Waals surface area (Å²) in [5, 5.41) is 26.9. The molecule has 0 aliphatic carbocycles. The summed E-state index contributed by atoms with van der Waals surface area (Å²) in [5.41, 5.74) is 9.11. The van der Waals surface area contributed by atoms with E-state index in [1.807, 2.05) is 31.3 Å². The van der Waals surface area contributed by atoms with Crippen LogP contribution in [0.4, 0.5) is 5.69 Å². The monoisotopic (exact) mass is 536 g/mol. The summed E-state index contributed by atoms with van der Waals surface area (Å²) in [7, 11) is -1.47. The van der Waals surface area contributed by atoms with E-state index < -0.39 is 27.7 Å². The Kier molecular flexibility index (Phi) is 8.28. The number of nitrogens with two attached hydrogens (primary N) is 1. The number of primary amides is 1. The predicted molar refractivity (Wildman–Crippen MR) is 141 cm³/mol. The smallest absolute Gasteiger partial charge is 0.335 e. The van der Waals surface area contributed by atoms with Crippen molar-refractivity contribution in [1.29, 1.82) is 0 Å². The maximum atomic E-state index is 11.8. The summed E-state index contributed by atoms with van der Waals surface area (Å²) in [6.45, 7) is 0. The van der Waals surface area contributed by atoms with Gasteiger partial charge in [-0.25, -0.2) is 18.0 Å². The number of sulfone groups is 1. The molecular formula is C26H24N4O7S. The Labute approximate surface area is 217 Å². The molecule has 0 saturated heterocycles. The van der Waals surface area contributed by atoms with Crippen molar-refractivity contribution in [2.45, 2.75) is 4.90 Å². The standard InChI is InChI=1S/C18H18N4O3S.C8H6O4/c1-20-13-7-3-11(4-8-13)15-16(21-22-17(15)18(19)23)12-5-9-14(10-6-12)26(2,24)25;9-7(10)5-2-1-3-6(4-5)8(11)12/h3-10,20H,1-2H3,(H2,19,23)(H,21,22);1-4H,(H,9,10)(H,11,12). The third kappa shape index (κ3) is 6.42. The average Bonchev–Trinajstić information content (AvgIpc) is 3.34. The van der Waals surface area contributed by atoms with Crippen molar-refractivity contribution < 1.29 is 33.0 Å². The van der Waals surface area contributed by atoms with Crippen LogP contribution in [-0.2, 0) is 9.84 Å². The third-order valence-corrected chi connectivity index (χ3v) is 6.52. The molecular weight excluding hydrogens is 512 g/mol. The number of aromatic carboxylic acids is 2. The Hall–Kier alpha value is -4.97. The van der Waals surface area contributed by atoms with E-state index in [-0.39, 0.29) is 21.7 Å². The van der Waals surface area contributed by atoms with Gasteiger partial charge in [0.25, 0.3) is 5.91 Å². The zero-order valence-corrected chi connectivity index (χ0v) is 21.1. The van der Waals surface area contributed by atoms with E-state index >= 15 is 0 Å². The lowest BCUT2D eigenvalue weighted by Gasteiger charge is -2.07. The van der Waals surface area contributed by atoms with Gasteiger partial charge in [-0.3, -0.25) is 9.89 Å². The molecule has 1 amide bonds. The number of anilines is 1. The Morgan fingerprint density at radius 3 is 1.84 bits per heavy atom. The van der Waals surface area contributed by atoms with Gasteiger partial charge in [-0.15, -0.1) is 0 Å². The van der Waals surface area contributed by atoms with E-state index in [9.17, 15) is 22.8 Å². The first kappa shape index (κ1) is 27.6. The molecule has 11 nitrogen and oxygen atoms in total. The maximum Gasteiger partial charge on any atom is 0.335 e. The first-order valence-electron chi connectivity index (χ1n) is 11.0. The molecule has 0 bridgehead atoms. The second-order valence-electron chi connectivity index (χ2n) is 8.00. The predicted octanol–water partition coefficient (Wildman–Crippen LogP) is 3.37. The first-order chi connectivity index (χ1) is 17.9. The van der Waals surface area contributed by atoms with Crippen LogP contribution in [0.3, 0.4) is 0 Å². The molecule has 196 valence electrons. The SMILES string of the molecule is CNc1ccc(-c2c(-c3ccc(S(C)(=O)=O)cc3)n[nH]c2C(N)=O)cc1.O=C(O)c1cccc(C(=O)O)c1. The number of rotatable bonds is 7. The van der Waals surface area contributed by atoms with Crippen LogP contribution in [-0.4, -0.2) is 60.0 Å². The van der Waals surface area contributed by atoms with Gasteiger partial charge in [-0.2, -0.15) is 5.10 Å². The van der Waals surface area contributed by atoms with Gasteiger partial charge in [-0.05, 0) is 48.0 Å². The molecule has 12 heteroatoms. The van der Waals surface area contributed by atoms with Crippen LogP contribution in [0.5, 0.6) is 0 Å². The third-order valence-electron chi connectivity index (χ3n) is 5.39. The van der Waals surface area contributed by atoms with E-state index in [0.717, 1.165) is 23.6 Å². The number of nitrogens with one attached hydrogen (secondary N) is 2. The van der Waals surface area contributed by atoms with Crippen LogP contribution in [0, 0.1) is 0 Å². The minimum absolute atomic E-state index is 0.0186. The van der Waals surface area contributed by atoms with Crippen LogP contribution in [0.25, 0.3) is 22.4 Å². The first-order valence-corrected chi connectivity index (χ1v) is 12.8. The molecule has 0 fully saturated rings. The van der Waals surface area contributed by atoms with Gasteiger partial charge < -0.3 is 21.3 Å². The molecule has 0 atom stereocenters. The number of aromatic nitrogens is 2. The van der Waals surface area contributed by atoms with Crippen molar-refractivity contribution in [3.05, 3.63) is 89.6 Å². The number of aromatic amines is 1. The molecule has 1 heterocycles. The average molecular weight is 537 g/mol. The fraction of sp³-hybridized carbons (Fsp3) is 0.0769. The molecule has 4 rings (SSSR count). The fourth-order valence-electron chi connectivity index (χ4n) is 3.46. The molecule has 4 aromatic rings. The highest BCUT2D eigenvalue weighted by Gasteiger charge is 2.20. The largest absolute Gasteiger partial charge is 0.478 e. The van der Waals surface area contributed by atoms with Crippen LogP contribution in [0.1, 0.15) is 31.2 Å². The Bertz CT molecular complexity index is 1560. The summed E-state index contributed by atoms with van der Waals surface area (Å²) in [5.74, 6) is -2.87. The summed E-state index contributed by atoms with van der Waals surface area (Å²) in [6, 6.07) is 19.0. The molecule has 0 saturated carbocycles. The van der Waals surface area contributed by atoms with E-state index in [0.29, 0.717) is 16.8 Å². The number of hydrogen-bond acceptors (Lipinski definition) is 7. The molecule has 0 spiro atoms. The van der Waals surface area contributed by atoms with E-state index in [1.54, 1.807) is 12.1 Å². The van der Waals surface area contributed by atoms with E-state index in [4.69, 9.17) is 15.9 Å². The Balaban J connectivity index is 0.000000279. The lowest BCUT2D eigenvalue weighted by molar-refractivity contribution is 0.0696. The zero-order chi connectivity index (χ0) is 28.0. The van der Waals surface area contributed by atoms with Gasteiger partial charge in [0.1, 0.15) is 11.4 Å². The van der Waals surface area contributed by atoms with Crippen LogP contribution < -0.4 is 11.1 Å². The van der Waals surface area contributed by atoms with E-state index in [1.165, 1.54) is 30.3 Å².